The minimum absolute atomic E-state index is 0.000754. The van der Waals surface area contributed by atoms with E-state index in [9.17, 15) is 19.5 Å². The zero-order valence-corrected chi connectivity index (χ0v) is 25.5. The van der Waals surface area contributed by atoms with Gasteiger partial charge in [-0.25, -0.2) is 4.39 Å². The van der Waals surface area contributed by atoms with Gasteiger partial charge in [-0.2, -0.15) is 5.10 Å². The van der Waals surface area contributed by atoms with Gasteiger partial charge in [0.25, 0.3) is 11.8 Å². The van der Waals surface area contributed by atoms with E-state index in [1.54, 1.807) is 18.0 Å². The monoisotopic (exact) mass is 624 g/mol. The second kappa shape index (κ2) is 13.5. The Kier molecular flexibility index (Phi) is 9.70. The molecule has 0 spiro atoms. The van der Waals surface area contributed by atoms with Crippen molar-refractivity contribution in [1.82, 2.24) is 30.2 Å². The number of nitrogens with one attached hydrogen (secondary N) is 3. The molecule has 6 radical (unpaired) electrons. The van der Waals surface area contributed by atoms with Crippen molar-refractivity contribution in [2.24, 2.45) is 18.9 Å². The molecule has 2 fully saturated rings. The SMILES string of the molecule is [B]C([B])([B])NC(=O)c1nnc(NC(=O)C2CC2)cc1Nc1cc(F)cc(-c2cc(C(=O)N3CCC(CCO)CC3)n(C)n2)c1OC. The summed E-state index contributed by atoms with van der Waals surface area (Å²) in [7, 11) is 19.6. The predicted octanol–water partition coefficient (Wildman–Crippen LogP) is 1.20. The molecule has 0 bridgehead atoms. The molecule has 1 aliphatic heterocycles. The van der Waals surface area contributed by atoms with E-state index in [2.05, 4.69) is 31.2 Å². The number of rotatable bonds is 11. The quantitative estimate of drug-likeness (QED) is 0.230. The lowest BCUT2D eigenvalue weighted by Gasteiger charge is -2.31. The van der Waals surface area contributed by atoms with Crippen LogP contribution in [0.5, 0.6) is 5.75 Å². The van der Waals surface area contributed by atoms with E-state index >= 15 is 4.39 Å². The maximum atomic E-state index is 15.2. The van der Waals surface area contributed by atoms with Crippen molar-refractivity contribution in [2.45, 2.75) is 37.3 Å². The van der Waals surface area contributed by atoms with Gasteiger partial charge in [-0.1, -0.05) is 5.24 Å². The molecule has 46 heavy (non-hydrogen) atoms. The van der Waals surface area contributed by atoms with Gasteiger partial charge in [0.05, 0.1) is 47.7 Å². The second-order valence-electron chi connectivity index (χ2n) is 11.6. The van der Waals surface area contributed by atoms with Gasteiger partial charge < -0.3 is 30.7 Å². The Morgan fingerprint density at radius 3 is 2.41 bits per heavy atom. The smallest absolute Gasteiger partial charge is 0.272 e. The Balaban J connectivity index is 1.47. The number of methoxy groups -OCH3 is 1. The first-order chi connectivity index (χ1) is 21.9. The molecule has 3 aromatic rings. The highest BCUT2D eigenvalue weighted by Crippen LogP contribution is 2.39. The first kappa shape index (κ1) is 33.0. The largest absolute Gasteiger partial charge is 0.494 e. The minimum atomic E-state index is -2.08. The van der Waals surface area contributed by atoms with E-state index in [4.69, 9.17) is 28.3 Å². The van der Waals surface area contributed by atoms with Crippen LogP contribution in [-0.2, 0) is 11.8 Å². The van der Waals surface area contributed by atoms with Crippen LogP contribution in [0.2, 0.25) is 0 Å². The number of carbonyl (C=O) groups is 3. The van der Waals surface area contributed by atoms with Gasteiger partial charge in [-0.05, 0) is 50.2 Å². The minimum Gasteiger partial charge on any atom is -0.494 e. The van der Waals surface area contributed by atoms with E-state index in [1.165, 1.54) is 23.9 Å². The van der Waals surface area contributed by atoms with E-state index in [-0.39, 0.29) is 64.2 Å². The molecule has 1 aliphatic carbocycles. The highest BCUT2D eigenvalue weighted by molar-refractivity contribution is 6.60. The number of likely N-dealkylation sites (tertiary alicyclic amines) is 1. The van der Waals surface area contributed by atoms with Crippen molar-refractivity contribution in [2.75, 3.05) is 37.4 Å². The van der Waals surface area contributed by atoms with Crippen molar-refractivity contribution in [3.63, 3.8) is 0 Å². The molecule has 2 aliphatic rings. The third-order valence-corrected chi connectivity index (χ3v) is 7.88. The molecule has 3 heterocycles. The number of amides is 3. The van der Waals surface area contributed by atoms with Crippen LogP contribution in [0.1, 0.15) is 53.1 Å². The molecule has 3 amide bonds. The molecule has 1 saturated heterocycles. The maximum absolute atomic E-state index is 15.2. The molecular weight excluding hydrogens is 592 g/mol. The number of aryl methyl sites for hydroxylation is 1. The molecule has 13 nitrogen and oxygen atoms in total. The number of hydrogen-bond acceptors (Lipinski definition) is 9. The highest BCUT2D eigenvalue weighted by atomic mass is 19.1. The van der Waals surface area contributed by atoms with E-state index in [1.807, 2.05) is 0 Å². The van der Waals surface area contributed by atoms with Gasteiger partial charge in [0.2, 0.25) is 5.91 Å². The van der Waals surface area contributed by atoms with Crippen LogP contribution in [0, 0.1) is 17.7 Å². The molecule has 4 N–H and O–H groups in total. The van der Waals surface area contributed by atoms with E-state index in [0.29, 0.717) is 31.1 Å². The Bertz CT molecular complexity index is 1640. The summed E-state index contributed by atoms with van der Waals surface area (Å²) in [6.45, 7) is 1.23. The molecule has 0 atom stereocenters. The number of anilines is 3. The normalized spacial score (nSPS) is 15.3. The lowest BCUT2D eigenvalue weighted by Crippen LogP contribution is -2.50. The number of piperidine rings is 1. The van der Waals surface area contributed by atoms with Gasteiger partial charge in [-0.15, -0.1) is 10.2 Å². The van der Waals surface area contributed by atoms with E-state index < -0.39 is 17.0 Å². The highest BCUT2D eigenvalue weighted by Gasteiger charge is 2.31. The summed E-state index contributed by atoms with van der Waals surface area (Å²) >= 11 is 0. The molecular formula is C29H32B3FN8O5. The van der Waals surface area contributed by atoms with Crippen molar-refractivity contribution in [3.8, 4) is 17.0 Å². The summed E-state index contributed by atoms with van der Waals surface area (Å²) in [6, 6.07) is 5.26. The summed E-state index contributed by atoms with van der Waals surface area (Å²) in [5, 5.41) is 27.3. The Morgan fingerprint density at radius 2 is 1.78 bits per heavy atom. The molecule has 234 valence electrons. The number of carbonyl (C=O) groups excluding carboxylic acids is 3. The number of aromatic nitrogens is 4. The molecule has 0 unspecified atom stereocenters. The topological polar surface area (TPSA) is 164 Å². The number of aliphatic hydroxyl groups is 1. The average molecular weight is 624 g/mol. The Labute approximate surface area is 269 Å². The number of benzene rings is 1. The predicted molar refractivity (Wildman–Crippen MR) is 170 cm³/mol. The van der Waals surface area contributed by atoms with Gasteiger partial charge in [-0.3, -0.25) is 19.1 Å². The van der Waals surface area contributed by atoms with Crippen LogP contribution in [0.15, 0.2) is 24.3 Å². The van der Waals surface area contributed by atoms with Gasteiger partial charge in [0.1, 0.15) is 11.5 Å². The zero-order chi connectivity index (χ0) is 33.2. The number of aliphatic hydroxyl groups excluding tert-OH is 1. The average Bonchev–Trinajstić information content (AvgIpc) is 3.78. The fraction of sp³-hybridized carbons (Fsp3) is 0.448. The lowest BCUT2D eigenvalue weighted by atomic mass is 9.49. The summed E-state index contributed by atoms with van der Waals surface area (Å²) in [6.07, 6.45) is 3.80. The van der Waals surface area contributed by atoms with Gasteiger partial charge >= 0.3 is 0 Å². The Hall–Kier alpha value is -4.40. The van der Waals surface area contributed by atoms with Gasteiger partial charge in [0, 0.05) is 50.4 Å². The molecule has 1 saturated carbocycles. The van der Waals surface area contributed by atoms with Crippen LogP contribution >= 0.6 is 0 Å². The third kappa shape index (κ3) is 7.69. The first-order valence-corrected chi connectivity index (χ1v) is 14.8. The second-order valence-corrected chi connectivity index (χ2v) is 11.6. The number of halogens is 1. The Morgan fingerprint density at radius 1 is 1.07 bits per heavy atom. The zero-order valence-electron chi connectivity index (χ0n) is 25.5. The number of ether oxygens (including phenoxy) is 1. The number of nitrogens with zero attached hydrogens (tertiary/aromatic N) is 5. The van der Waals surface area contributed by atoms with Crippen molar-refractivity contribution < 1.29 is 28.6 Å². The fourth-order valence-corrected chi connectivity index (χ4v) is 5.36. The van der Waals surface area contributed by atoms with E-state index in [0.717, 1.165) is 31.7 Å². The summed E-state index contributed by atoms with van der Waals surface area (Å²) < 4.78 is 22.3. The molecule has 2 aromatic heterocycles. The molecule has 17 heteroatoms. The fourth-order valence-electron chi connectivity index (χ4n) is 5.36. The third-order valence-electron chi connectivity index (χ3n) is 7.88. The van der Waals surface area contributed by atoms with Crippen LogP contribution < -0.4 is 20.7 Å². The standard InChI is InChI=1S/C29H32B3FN8O5/c1-40-22(28(45)41-8-5-15(6-9-41)7-10-42)13-19(39-40)18-11-17(33)12-21(25(18)46-2)34-20-14-23(35-26(43)16-3-4-16)37-38-24(20)27(44)36-29(30,31)32/h11-16,42H,3-10H2,1-2H3,(H,36,44)(H2,34,35,37,43). The summed E-state index contributed by atoms with van der Waals surface area (Å²) in [5.74, 6) is -1.62. The van der Waals surface area contributed by atoms with Crippen LogP contribution in [0.4, 0.5) is 21.6 Å². The summed E-state index contributed by atoms with van der Waals surface area (Å²) in [4.78, 5) is 40.5. The van der Waals surface area contributed by atoms with Crippen LogP contribution in [0.25, 0.3) is 11.3 Å². The summed E-state index contributed by atoms with van der Waals surface area (Å²) in [5.41, 5.74) is 0.557. The molecule has 1 aromatic carbocycles. The maximum Gasteiger partial charge on any atom is 0.272 e. The van der Waals surface area contributed by atoms with Crippen molar-refractivity contribution in [1.29, 1.82) is 0 Å². The first-order valence-electron chi connectivity index (χ1n) is 14.8. The van der Waals surface area contributed by atoms with Crippen molar-refractivity contribution >= 4 is 58.5 Å². The van der Waals surface area contributed by atoms with Gasteiger partial charge in [0.15, 0.2) is 17.3 Å². The lowest BCUT2D eigenvalue weighted by molar-refractivity contribution is -0.117. The molecule has 5 rings (SSSR count). The van der Waals surface area contributed by atoms with Crippen LogP contribution in [0.3, 0.4) is 0 Å². The van der Waals surface area contributed by atoms with Crippen LogP contribution in [-0.4, -0.2) is 103 Å². The number of hydrogen-bond donors (Lipinski definition) is 4. The van der Waals surface area contributed by atoms with Crippen molar-refractivity contribution in [3.05, 3.63) is 41.5 Å².